The molecule has 0 N–H and O–H groups in total. The van der Waals surface area contributed by atoms with Crippen molar-refractivity contribution < 1.29 is 0 Å². The predicted molar refractivity (Wildman–Crippen MR) is 61.3 cm³/mol. The molecule has 2 aromatic rings. The minimum absolute atomic E-state index is 0.894. The molecule has 3 radical (unpaired) electrons. The van der Waals surface area contributed by atoms with E-state index in [1.54, 1.807) is 0 Å². The first kappa shape index (κ1) is 9.22. The van der Waals surface area contributed by atoms with Crippen molar-refractivity contribution >= 4 is 10.2 Å². The van der Waals surface area contributed by atoms with Crippen LogP contribution in [0.15, 0.2) is 54.6 Å². The smallest absolute Gasteiger partial charge is 0.0284 e. The van der Waals surface area contributed by atoms with Gasteiger partial charge in [0.25, 0.3) is 0 Å². The van der Waals surface area contributed by atoms with Crippen LogP contribution in [-0.4, -0.2) is 10.2 Å². The molecule has 0 unspecified atom stereocenters. The lowest BCUT2D eigenvalue weighted by Gasteiger charge is -2.06. The van der Waals surface area contributed by atoms with Gasteiger partial charge in [-0.25, -0.2) is 0 Å². The average molecular weight is 195 g/mol. The summed E-state index contributed by atoms with van der Waals surface area (Å²) in [4.78, 5) is 0. The Morgan fingerprint density at radius 1 is 0.786 bits per heavy atom. The van der Waals surface area contributed by atoms with Gasteiger partial charge in [-0.15, -0.1) is 0 Å². The van der Waals surface area contributed by atoms with Crippen molar-refractivity contribution in [1.29, 1.82) is 0 Å². The quantitative estimate of drug-likeness (QED) is 0.646. The number of hydrogen-bond donors (Lipinski definition) is 0. The highest BCUT2D eigenvalue weighted by Gasteiger charge is 2.00. The molecule has 14 heavy (non-hydrogen) atoms. The summed E-state index contributed by atoms with van der Waals surface area (Å²) in [7, 11) is 3.55. The zero-order valence-corrected chi connectivity index (χ0v) is 8.90. The Labute approximate surface area is 88.0 Å². The lowest BCUT2D eigenvalue weighted by atomic mass is 10.0. The Balaban J connectivity index is 2.51. The Bertz CT molecular complexity index is 407. The Morgan fingerprint density at radius 3 is 2.14 bits per heavy atom. The molecule has 0 aliphatic carbocycles. The van der Waals surface area contributed by atoms with Crippen molar-refractivity contribution in [2.75, 3.05) is 0 Å². The highest BCUT2D eigenvalue weighted by molar-refractivity contribution is 6.09. The van der Waals surface area contributed by atoms with Crippen LogP contribution >= 0.6 is 0 Å². The van der Waals surface area contributed by atoms with Crippen LogP contribution in [0.4, 0.5) is 0 Å². The van der Waals surface area contributed by atoms with Crippen molar-refractivity contribution in [1.82, 2.24) is 0 Å². The van der Waals surface area contributed by atoms with Crippen LogP contribution in [0.25, 0.3) is 11.1 Å². The van der Waals surface area contributed by atoms with E-state index >= 15 is 0 Å². The van der Waals surface area contributed by atoms with Crippen LogP contribution in [0.3, 0.4) is 0 Å². The molecule has 0 bridgehead atoms. The van der Waals surface area contributed by atoms with Crippen molar-refractivity contribution in [2.24, 2.45) is 0 Å². The van der Waals surface area contributed by atoms with Gasteiger partial charge in [0.2, 0.25) is 0 Å². The third-order valence-electron chi connectivity index (χ3n) is 2.29. The standard InChI is InChI=1S/C13H11Si/c14-10-12-8-4-5-9-13(12)11-6-2-1-3-7-11/h1-9H,10H2. The van der Waals surface area contributed by atoms with Gasteiger partial charge < -0.3 is 0 Å². The lowest BCUT2D eigenvalue weighted by Crippen LogP contribution is -1.88. The largest absolute Gasteiger partial charge is 0.0622 e. The molecule has 0 aliphatic heterocycles. The van der Waals surface area contributed by atoms with Gasteiger partial charge >= 0.3 is 0 Å². The molecule has 1 heteroatoms. The average Bonchev–Trinajstić information content (AvgIpc) is 2.30. The number of rotatable bonds is 2. The third kappa shape index (κ3) is 1.78. The van der Waals surface area contributed by atoms with Crippen molar-refractivity contribution in [3.05, 3.63) is 60.2 Å². The fourth-order valence-corrected chi connectivity index (χ4v) is 1.88. The van der Waals surface area contributed by atoms with Crippen LogP contribution in [-0.2, 0) is 6.04 Å². The normalized spacial score (nSPS) is 10.1. The first-order chi connectivity index (χ1) is 6.92. The van der Waals surface area contributed by atoms with E-state index in [4.69, 9.17) is 0 Å². The molecule has 0 aromatic heterocycles. The van der Waals surface area contributed by atoms with E-state index in [2.05, 4.69) is 58.8 Å². The van der Waals surface area contributed by atoms with Gasteiger partial charge in [0.1, 0.15) is 0 Å². The second-order valence-electron chi connectivity index (χ2n) is 3.20. The highest BCUT2D eigenvalue weighted by Crippen LogP contribution is 2.22. The van der Waals surface area contributed by atoms with Crippen LogP contribution in [0.1, 0.15) is 5.56 Å². The molecule has 0 saturated heterocycles. The van der Waals surface area contributed by atoms with Crippen LogP contribution < -0.4 is 0 Å². The van der Waals surface area contributed by atoms with Gasteiger partial charge in [0.15, 0.2) is 0 Å². The summed E-state index contributed by atoms with van der Waals surface area (Å²) in [6.45, 7) is 0. The van der Waals surface area contributed by atoms with E-state index in [0.717, 1.165) is 6.04 Å². The molecule has 2 rings (SSSR count). The molecule has 67 valence electrons. The van der Waals surface area contributed by atoms with Gasteiger partial charge in [-0.1, -0.05) is 54.6 Å². The van der Waals surface area contributed by atoms with Crippen molar-refractivity contribution in [2.45, 2.75) is 6.04 Å². The maximum atomic E-state index is 3.55. The molecule has 0 nitrogen and oxygen atoms in total. The number of hydrogen-bond acceptors (Lipinski definition) is 0. The van der Waals surface area contributed by atoms with Crippen LogP contribution in [0.5, 0.6) is 0 Å². The van der Waals surface area contributed by atoms with E-state index in [9.17, 15) is 0 Å². The van der Waals surface area contributed by atoms with Gasteiger partial charge in [0.05, 0.1) is 0 Å². The zero-order valence-electron chi connectivity index (χ0n) is 7.90. The Morgan fingerprint density at radius 2 is 1.43 bits per heavy atom. The first-order valence-electron chi connectivity index (χ1n) is 4.70. The molecule has 0 atom stereocenters. The second-order valence-corrected chi connectivity index (χ2v) is 3.55. The van der Waals surface area contributed by atoms with Gasteiger partial charge in [-0.3, -0.25) is 0 Å². The summed E-state index contributed by atoms with van der Waals surface area (Å²) >= 11 is 0. The predicted octanol–water partition coefficient (Wildman–Crippen LogP) is 3.02. The summed E-state index contributed by atoms with van der Waals surface area (Å²) < 4.78 is 0. The molecule has 0 aliphatic rings. The van der Waals surface area contributed by atoms with Gasteiger partial charge in [-0.05, 0) is 22.7 Å². The molecular weight excluding hydrogens is 184 g/mol. The fourth-order valence-electron chi connectivity index (χ4n) is 1.57. The zero-order chi connectivity index (χ0) is 9.80. The van der Waals surface area contributed by atoms with Crippen LogP contribution in [0.2, 0.25) is 0 Å². The van der Waals surface area contributed by atoms with Crippen molar-refractivity contribution in [3.63, 3.8) is 0 Å². The maximum absolute atomic E-state index is 3.55. The lowest BCUT2D eigenvalue weighted by molar-refractivity contribution is 1.40. The van der Waals surface area contributed by atoms with Crippen molar-refractivity contribution in [3.8, 4) is 11.1 Å². The van der Waals surface area contributed by atoms with E-state index in [0.29, 0.717) is 0 Å². The minimum Gasteiger partial charge on any atom is -0.0622 e. The van der Waals surface area contributed by atoms with Crippen LogP contribution in [0, 0.1) is 0 Å². The third-order valence-corrected chi connectivity index (χ3v) is 2.67. The highest BCUT2D eigenvalue weighted by atomic mass is 28.1. The van der Waals surface area contributed by atoms with Gasteiger partial charge in [0, 0.05) is 10.2 Å². The SMILES string of the molecule is [Si]Cc1ccccc1-c1ccccc1. The summed E-state index contributed by atoms with van der Waals surface area (Å²) in [6.07, 6.45) is 0. The molecule has 2 aromatic carbocycles. The Hall–Kier alpha value is -1.34. The summed E-state index contributed by atoms with van der Waals surface area (Å²) in [5.41, 5.74) is 3.92. The van der Waals surface area contributed by atoms with Gasteiger partial charge in [-0.2, -0.15) is 0 Å². The molecule has 0 amide bonds. The monoisotopic (exact) mass is 195 g/mol. The molecule has 0 saturated carbocycles. The molecule has 0 heterocycles. The number of benzene rings is 2. The Kier molecular flexibility index (Phi) is 2.80. The first-order valence-corrected chi connectivity index (χ1v) is 5.40. The topological polar surface area (TPSA) is 0 Å². The van der Waals surface area contributed by atoms with E-state index in [-0.39, 0.29) is 0 Å². The fraction of sp³-hybridized carbons (Fsp3) is 0.0769. The summed E-state index contributed by atoms with van der Waals surface area (Å²) in [6, 6.07) is 19.8. The van der Waals surface area contributed by atoms with E-state index in [1.807, 2.05) is 6.07 Å². The maximum Gasteiger partial charge on any atom is 0.0284 e. The summed E-state index contributed by atoms with van der Waals surface area (Å²) in [5, 5.41) is 0. The molecule has 0 fully saturated rings. The minimum atomic E-state index is 0.894. The molecule has 0 spiro atoms. The van der Waals surface area contributed by atoms with E-state index < -0.39 is 0 Å². The summed E-state index contributed by atoms with van der Waals surface area (Å²) in [5.74, 6) is 0. The van der Waals surface area contributed by atoms with E-state index in [1.165, 1.54) is 16.7 Å². The second kappa shape index (κ2) is 4.25. The molecular formula is C13H11Si.